The van der Waals surface area contributed by atoms with Crippen LogP contribution in [0.5, 0.6) is 0 Å². The summed E-state index contributed by atoms with van der Waals surface area (Å²) in [6, 6.07) is 9.82. The van der Waals surface area contributed by atoms with E-state index < -0.39 is 10.0 Å². The Bertz CT molecular complexity index is 933. The van der Waals surface area contributed by atoms with Crippen LogP contribution < -0.4 is 4.90 Å². The summed E-state index contributed by atoms with van der Waals surface area (Å²) >= 11 is 0. The third kappa shape index (κ3) is 4.67. The van der Waals surface area contributed by atoms with Crippen LogP contribution in [-0.4, -0.2) is 42.7 Å². The van der Waals surface area contributed by atoms with Crippen LogP contribution in [0.25, 0.3) is 0 Å². The van der Waals surface area contributed by atoms with Gasteiger partial charge in [-0.25, -0.2) is 8.42 Å². The quantitative estimate of drug-likeness (QED) is 0.745. The third-order valence-electron chi connectivity index (χ3n) is 5.23. The minimum Gasteiger partial charge on any atom is -0.304 e. The van der Waals surface area contributed by atoms with Crippen molar-refractivity contribution in [3.8, 4) is 0 Å². The molecule has 0 spiro atoms. The molecule has 3 rings (SSSR count). The van der Waals surface area contributed by atoms with Crippen molar-refractivity contribution in [1.82, 2.24) is 9.29 Å². The maximum Gasteiger partial charge on any atom is 0.258 e. The molecule has 0 bridgehead atoms. The van der Waals surface area contributed by atoms with Crippen LogP contribution in [0.3, 0.4) is 0 Å². The zero-order chi connectivity index (χ0) is 21.2. The van der Waals surface area contributed by atoms with E-state index in [4.69, 9.17) is 0 Å². The monoisotopic (exact) mass is 415 g/mol. The Kier molecular flexibility index (Phi) is 6.39. The van der Waals surface area contributed by atoms with Gasteiger partial charge < -0.3 is 4.90 Å². The summed E-state index contributed by atoms with van der Waals surface area (Å²) in [6.45, 7) is 9.10. The molecule has 0 saturated carbocycles. The standard InChI is InChI=1S/C22H29N3O3S/c1-16(2)25(20-6-5-11-23-13-20)22(26)19-7-9-21(10-8-19)29(27,28)24-14-17(3)12-18(4)15-24/h5-11,13,16-18H,12,14-15H2,1-4H3. The number of carbonyl (C=O) groups is 1. The lowest BCUT2D eigenvalue weighted by molar-refractivity contribution is 0.0980. The summed E-state index contributed by atoms with van der Waals surface area (Å²) in [5.74, 6) is 0.499. The van der Waals surface area contributed by atoms with Crippen LogP contribution in [0.15, 0.2) is 53.7 Å². The highest BCUT2D eigenvalue weighted by atomic mass is 32.2. The largest absolute Gasteiger partial charge is 0.304 e. The van der Waals surface area contributed by atoms with Gasteiger partial charge in [-0.1, -0.05) is 13.8 Å². The van der Waals surface area contributed by atoms with E-state index in [1.165, 1.54) is 12.1 Å². The number of piperidine rings is 1. The first-order valence-corrected chi connectivity index (χ1v) is 11.5. The third-order valence-corrected chi connectivity index (χ3v) is 7.08. The Morgan fingerprint density at radius 3 is 2.24 bits per heavy atom. The molecule has 156 valence electrons. The van der Waals surface area contributed by atoms with E-state index in [-0.39, 0.29) is 16.8 Å². The van der Waals surface area contributed by atoms with Crippen LogP contribution in [0.4, 0.5) is 5.69 Å². The number of amides is 1. The van der Waals surface area contributed by atoms with Crippen molar-refractivity contribution in [2.75, 3.05) is 18.0 Å². The molecule has 2 atom stereocenters. The number of rotatable bonds is 5. The number of pyridine rings is 1. The number of hydrogen-bond donors (Lipinski definition) is 0. The second-order valence-electron chi connectivity index (χ2n) is 8.27. The van der Waals surface area contributed by atoms with E-state index in [0.717, 1.165) is 6.42 Å². The Morgan fingerprint density at radius 1 is 1.10 bits per heavy atom. The van der Waals surface area contributed by atoms with Crippen LogP contribution in [0.1, 0.15) is 44.5 Å². The topological polar surface area (TPSA) is 70.6 Å². The molecular formula is C22H29N3O3S. The Balaban J connectivity index is 1.84. The molecule has 7 heteroatoms. The smallest absolute Gasteiger partial charge is 0.258 e. The van der Waals surface area contributed by atoms with E-state index in [2.05, 4.69) is 18.8 Å². The predicted octanol–water partition coefficient (Wildman–Crippen LogP) is 3.80. The molecule has 0 radical (unpaired) electrons. The van der Waals surface area contributed by atoms with Gasteiger partial charge in [-0.15, -0.1) is 0 Å². The van der Waals surface area contributed by atoms with Crippen LogP contribution in [0, 0.1) is 11.8 Å². The molecule has 1 amide bonds. The lowest BCUT2D eigenvalue weighted by atomic mass is 9.94. The molecule has 1 aliphatic rings. The molecule has 1 aromatic carbocycles. The van der Waals surface area contributed by atoms with Gasteiger partial charge in [0.2, 0.25) is 10.0 Å². The SMILES string of the molecule is CC1CC(C)CN(S(=O)(=O)c2ccc(C(=O)N(c3cccnc3)C(C)C)cc2)C1. The summed E-state index contributed by atoms with van der Waals surface area (Å²) in [4.78, 5) is 19.1. The number of carbonyl (C=O) groups excluding carboxylic acids is 1. The average Bonchev–Trinajstić information content (AvgIpc) is 2.68. The first-order chi connectivity index (χ1) is 13.7. The van der Waals surface area contributed by atoms with Gasteiger partial charge in [0.25, 0.3) is 5.91 Å². The second-order valence-corrected chi connectivity index (χ2v) is 10.2. The molecule has 6 nitrogen and oxygen atoms in total. The molecule has 1 aliphatic heterocycles. The van der Waals surface area contributed by atoms with Crippen molar-refractivity contribution in [3.63, 3.8) is 0 Å². The molecule has 29 heavy (non-hydrogen) atoms. The van der Waals surface area contributed by atoms with E-state index in [0.29, 0.717) is 36.2 Å². The average molecular weight is 416 g/mol. The molecule has 0 aliphatic carbocycles. The van der Waals surface area contributed by atoms with E-state index >= 15 is 0 Å². The predicted molar refractivity (Wildman–Crippen MR) is 114 cm³/mol. The van der Waals surface area contributed by atoms with Crippen LogP contribution >= 0.6 is 0 Å². The summed E-state index contributed by atoms with van der Waals surface area (Å²) in [5, 5.41) is 0. The van der Waals surface area contributed by atoms with Gasteiger partial charge in [0.05, 0.1) is 16.8 Å². The zero-order valence-electron chi connectivity index (χ0n) is 17.4. The van der Waals surface area contributed by atoms with E-state index in [1.807, 2.05) is 19.9 Å². The fourth-order valence-electron chi connectivity index (χ4n) is 4.01. The molecular weight excluding hydrogens is 386 g/mol. The van der Waals surface area contributed by atoms with Gasteiger partial charge in [-0.05, 0) is 68.5 Å². The van der Waals surface area contributed by atoms with Gasteiger partial charge in [0.1, 0.15) is 0 Å². The molecule has 1 saturated heterocycles. The zero-order valence-corrected chi connectivity index (χ0v) is 18.3. The van der Waals surface area contributed by atoms with Crippen molar-refractivity contribution in [2.45, 2.75) is 45.1 Å². The summed E-state index contributed by atoms with van der Waals surface area (Å²) in [5.41, 5.74) is 1.15. The van der Waals surface area contributed by atoms with Crippen molar-refractivity contribution in [1.29, 1.82) is 0 Å². The first-order valence-electron chi connectivity index (χ1n) is 10.0. The summed E-state index contributed by atoms with van der Waals surface area (Å²) in [7, 11) is -3.56. The van der Waals surface area contributed by atoms with Gasteiger partial charge in [-0.3, -0.25) is 9.78 Å². The first kappa shape index (κ1) is 21.5. The highest BCUT2D eigenvalue weighted by Crippen LogP contribution is 2.27. The highest BCUT2D eigenvalue weighted by Gasteiger charge is 2.32. The molecule has 1 aromatic heterocycles. The Labute approximate surface area is 173 Å². The number of aromatic nitrogens is 1. The number of nitrogens with zero attached hydrogens (tertiary/aromatic N) is 3. The minimum absolute atomic E-state index is 0.0635. The second kappa shape index (κ2) is 8.63. The number of hydrogen-bond acceptors (Lipinski definition) is 4. The lowest BCUT2D eigenvalue weighted by Gasteiger charge is -2.34. The Hall–Kier alpha value is -2.25. The molecule has 2 unspecified atom stereocenters. The normalized spacial score (nSPS) is 20.6. The highest BCUT2D eigenvalue weighted by molar-refractivity contribution is 7.89. The molecule has 0 N–H and O–H groups in total. The number of sulfonamides is 1. The van der Waals surface area contributed by atoms with Crippen molar-refractivity contribution < 1.29 is 13.2 Å². The molecule has 1 fully saturated rings. The van der Waals surface area contributed by atoms with E-state index in [1.54, 1.807) is 39.8 Å². The van der Waals surface area contributed by atoms with Crippen molar-refractivity contribution >= 4 is 21.6 Å². The number of benzene rings is 1. The van der Waals surface area contributed by atoms with E-state index in [9.17, 15) is 13.2 Å². The fraction of sp³-hybridized carbons (Fsp3) is 0.455. The number of anilines is 1. The van der Waals surface area contributed by atoms with Gasteiger partial charge in [0, 0.05) is 30.9 Å². The van der Waals surface area contributed by atoms with Crippen molar-refractivity contribution in [3.05, 3.63) is 54.4 Å². The molecule has 2 heterocycles. The molecule has 2 aromatic rings. The van der Waals surface area contributed by atoms with Crippen molar-refractivity contribution in [2.24, 2.45) is 11.8 Å². The maximum absolute atomic E-state index is 13.1. The Morgan fingerprint density at radius 2 is 1.72 bits per heavy atom. The van der Waals surface area contributed by atoms with Gasteiger partial charge >= 0.3 is 0 Å². The van der Waals surface area contributed by atoms with Gasteiger partial charge in [0.15, 0.2) is 0 Å². The maximum atomic E-state index is 13.1. The van der Waals surface area contributed by atoms with Crippen LogP contribution in [0.2, 0.25) is 0 Å². The van der Waals surface area contributed by atoms with Crippen LogP contribution in [-0.2, 0) is 10.0 Å². The van der Waals surface area contributed by atoms with Gasteiger partial charge in [-0.2, -0.15) is 4.31 Å². The minimum atomic E-state index is -3.56. The fourth-order valence-corrected chi connectivity index (χ4v) is 5.69. The lowest BCUT2D eigenvalue weighted by Crippen LogP contribution is -2.42. The summed E-state index contributed by atoms with van der Waals surface area (Å²) in [6.07, 6.45) is 4.35. The summed E-state index contributed by atoms with van der Waals surface area (Å²) < 4.78 is 27.7.